The molecule has 1 aliphatic rings. The third kappa shape index (κ3) is 14.8. The summed E-state index contributed by atoms with van der Waals surface area (Å²) in [6, 6.07) is 0. The van der Waals surface area contributed by atoms with Crippen molar-refractivity contribution in [1.29, 1.82) is 0 Å². The van der Waals surface area contributed by atoms with Gasteiger partial charge < -0.3 is 35.5 Å². The second-order valence-electron chi connectivity index (χ2n) is 8.26. The summed E-state index contributed by atoms with van der Waals surface area (Å²) in [6.45, 7) is 5.06. The van der Waals surface area contributed by atoms with Crippen LogP contribution in [0.5, 0.6) is 0 Å². The molecule has 0 aliphatic carbocycles. The summed E-state index contributed by atoms with van der Waals surface area (Å²) in [5.41, 5.74) is 0. The van der Waals surface area contributed by atoms with Gasteiger partial charge in [-0.2, -0.15) is 0 Å². The number of alkyl carbamates (subject to hydrolysis) is 2. The molecule has 0 radical (unpaired) electrons. The molecule has 0 saturated carbocycles. The number of ether oxygens (including phenoxy) is 3. The molecule has 14 heteroatoms. The molecule has 0 atom stereocenters. The highest BCUT2D eigenvalue weighted by molar-refractivity contribution is 6.13. The lowest BCUT2D eigenvalue weighted by atomic mass is 10.3. The maximum absolute atomic E-state index is 12.0. The number of hydrogen-bond acceptors (Lipinski definition) is 9. The largest absolute Gasteiger partial charge is 0.447 e. The number of amides is 6. The molecule has 0 unspecified atom stereocenters. The predicted molar refractivity (Wildman–Crippen MR) is 135 cm³/mol. The zero-order valence-electron chi connectivity index (χ0n) is 22.0. The van der Waals surface area contributed by atoms with Crippen molar-refractivity contribution in [3.63, 3.8) is 0 Å². The topological polar surface area (TPSA) is 181 Å². The van der Waals surface area contributed by atoms with Gasteiger partial charge in [-0.05, 0) is 19.3 Å². The van der Waals surface area contributed by atoms with E-state index in [1.807, 2.05) is 13.8 Å². The second-order valence-corrected chi connectivity index (χ2v) is 8.26. The van der Waals surface area contributed by atoms with Crippen molar-refractivity contribution in [1.82, 2.24) is 26.2 Å². The molecule has 6 amide bonds. The Labute approximate surface area is 222 Å². The van der Waals surface area contributed by atoms with E-state index < -0.39 is 30.1 Å². The van der Waals surface area contributed by atoms with Crippen LogP contribution in [0, 0.1) is 0 Å². The molecule has 214 valence electrons. The lowest BCUT2D eigenvalue weighted by Gasteiger charge is -2.18. The summed E-state index contributed by atoms with van der Waals surface area (Å²) < 4.78 is 15.8. The zero-order valence-corrected chi connectivity index (χ0v) is 22.0. The first-order chi connectivity index (χ1) is 18.3. The third-order valence-electron chi connectivity index (χ3n) is 4.97. The molecule has 1 heterocycles. The number of carbonyl (C=O) groups is 6. The lowest BCUT2D eigenvalue weighted by Crippen LogP contribution is -2.37. The van der Waals surface area contributed by atoms with Crippen LogP contribution in [-0.4, -0.2) is 99.4 Å². The van der Waals surface area contributed by atoms with Crippen molar-refractivity contribution in [2.75, 3.05) is 52.5 Å². The normalized spacial score (nSPS) is 12.4. The fraction of sp³-hybridized carbons (Fsp3) is 0.667. The van der Waals surface area contributed by atoms with Gasteiger partial charge in [-0.25, -0.2) is 9.59 Å². The Balaban J connectivity index is 2.22. The van der Waals surface area contributed by atoms with Gasteiger partial charge in [0.15, 0.2) is 0 Å². The van der Waals surface area contributed by atoms with Gasteiger partial charge in [0.1, 0.15) is 19.3 Å². The number of imide groups is 1. The SMILES string of the molecule is CCCNC(=O)OCC(COC(=O)NCCC)OCCCC(=O)NCCNC(=O)CCN1C(=O)C=CC1=O. The molecule has 0 aromatic rings. The predicted octanol–water partition coefficient (Wildman–Crippen LogP) is -0.0283. The van der Waals surface area contributed by atoms with E-state index >= 15 is 0 Å². The first kappa shape index (κ1) is 32.3. The molecular weight excluding hydrogens is 502 g/mol. The highest BCUT2D eigenvalue weighted by Crippen LogP contribution is 2.04. The fourth-order valence-corrected chi connectivity index (χ4v) is 2.97. The number of nitrogens with zero attached hydrogens (tertiary/aromatic N) is 1. The van der Waals surface area contributed by atoms with Crippen LogP contribution >= 0.6 is 0 Å². The Bertz CT molecular complexity index is 792. The number of hydrogen-bond donors (Lipinski definition) is 4. The van der Waals surface area contributed by atoms with Crippen molar-refractivity contribution in [3.05, 3.63) is 12.2 Å². The molecule has 1 rings (SSSR count). The van der Waals surface area contributed by atoms with Crippen LogP contribution in [0.1, 0.15) is 46.0 Å². The Morgan fingerprint density at radius 3 is 1.76 bits per heavy atom. The molecule has 1 aliphatic heterocycles. The van der Waals surface area contributed by atoms with Gasteiger partial charge in [-0.15, -0.1) is 0 Å². The summed E-state index contributed by atoms with van der Waals surface area (Å²) in [4.78, 5) is 71.1. The van der Waals surface area contributed by atoms with E-state index in [-0.39, 0.29) is 64.1 Å². The minimum Gasteiger partial charge on any atom is -0.447 e. The molecule has 4 N–H and O–H groups in total. The van der Waals surface area contributed by atoms with E-state index in [0.29, 0.717) is 19.5 Å². The second kappa shape index (κ2) is 19.4. The van der Waals surface area contributed by atoms with Crippen molar-refractivity contribution in [3.8, 4) is 0 Å². The van der Waals surface area contributed by atoms with E-state index in [4.69, 9.17) is 14.2 Å². The molecule has 0 saturated heterocycles. The Hall–Kier alpha value is -3.68. The Morgan fingerprint density at radius 1 is 0.763 bits per heavy atom. The third-order valence-corrected chi connectivity index (χ3v) is 4.97. The van der Waals surface area contributed by atoms with Crippen molar-refractivity contribution < 1.29 is 43.0 Å². The molecule has 38 heavy (non-hydrogen) atoms. The number of nitrogens with one attached hydrogen (secondary N) is 4. The Kier molecular flexibility index (Phi) is 16.5. The monoisotopic (exact) mass is 541 g/mol. The van der Waals surface area contributed by atoms with Gasteiger partial charge in [-0.1, -0.05) is 13.8 Å². The average molecular weight is 542 g/mol. The summed E-state index contributed by atoms with van der Waals surface area (Å²) >= 11 is 0. The molecule has 0 aromatic carbocycles. The summed E-state index contributed by atoms with van der Waals surface area (Å²) in [5, 5.41) is 10.4. The number of rotatable bonds is 19. The molecule has 0 spiro atoms. The average Bonchev–Trinajstić information content (AvgIpc) is 3.22. The van der Waals surface area contributed by atoms with Crippen LogP contribution in [-0.2, 0) is 33.4 Å². The van der Waals surface area contributed by atoms with E-state index in [1.165, 1.54) is 0 Å². The van der Waals surface area contributed by atoms with Crippen LogP contribution in [0.2, 0.25) is 0 Å². The standard InChI is InChI=1S/C24H39N5O9/c1-3-10-27-23(34)37-16-18(17-38-24(35)28-11-4-2)36-15-5-6-19(30)25-12-13-26-20(31)9-14-29-21(32)7-8-22(29)33/h7-8,18H,3-6,9-17H2,1-2H3,(H,25,30)(H,26,31)(H,27,34)(H,28,35). The van der Waals surface area contributed by atoms with Gasteiger partial charge in [0, 0.05) is 64.3 Å². The van der Waals surface area contributed by atoms with Gasteiger partial charge in [0.2, 0.25) is 11.8 Å². The smallest absolute Gasteiger partial charge is 0.407 e. The maximum atomic E-state index is 12.0. The van der Waals surface area contributed by atoms with E-state index in [9.17, 15) is 28.8 Å². The lowest BCUT2D eigenvalue weighted by molar-refractivity contribution is -0.137. The summed E-state index contributed by atoms with van der Waals surface area (Å²) in [6.07, 6.45) is 2.42. The van der Waals surface area contributed by atoms with Crippen LogP contribution in [0.15, 0.2) is 12.2 Å². The summed E-state index contributed by atoms with van der Waals surface area (Å²) in [5.74, 6) is -1.48. The summed E-state index contributed by atoms with van der Waals surface area (Å²) in [7, 11) is 0. The first-order valence-electron chi connectivity index (χ1n) is 12.8. The van der Waals surface area contributed by atoms with Gasteiger partial charge in [0.25, 0.3) is 11.8 Å². The quantitative estimate of drug-likeness (QED) is 0.129. The minimum absolute atomic E-state index is 0.00718. The highest BCUT2D eigenvalue weighted by Gasteiger charge is 2.23. The Morgan fingerprint density at radius 2 is 1.26 bits per heavy atom. The fourth-order valence-electron chi connectivity index (χ4n) is 2.97. The van der Waals surface area contributed by atoms with Crippen LogP contribution < -0.4 is 21.3 Å². The van der Waals surface area contributed by atoms with E-state index in [1.54, 1.807) is 0 Å². The van der Waals surface area contributed by atoms with E-state index in [2.05, 4.69) is 21.3 Å². The van der Waals surface area contributed by atoms with Crippen molar-refractivity contribution in [2.24, 2.45) is 0 Å². The molecule has 0 bridgehead atoms. The van der Waals surface area contributed by atoms with Crippen molar-refractivity contribution >= 4 is 35.8 Å². The van der Waals surface area contributed by atoms with Crippen LogP contribution in [0.25, 0.3) is 0 Å². The molecule has 0 fully saturated rings. The highest BCUT2D eigenvalue weighted by atomic mass is 16.6. The first-order valence-corrected chi connectivity index (χ1v) is 12.8. The van der Waals surface area contributed by atoms with Crippen LogP contribution in [0.3, 0.4) is 0 Å². The number of carbonyl (C=O) groups excluding carboxylic acids is 6. The van der Waals surface area contributed by atoms with Gasteiger partial charge in [-0.3, -0.25) is 24.1 Å². The minimum atomic E-state index is -0.699. The van der Waals surface area contributed by atoms with Gasteiger partial charge >= 0.3 is 12.2 Å². The molecule has 14 nitrogen and oxygen atoms in total. The maximum Gasteiger partial charge on any atom is 0.407 e. The van der Waals surface area contributed by atoms with Crippen LogP contribution in [0.4, 0.5) is 9.59 Å². The van der Waals surface area contributed by atoms with Crippen molar-refractivity contribution in [2.45, 2.75) is 52.1 Å². The van der Waals surface area contributed by atoms with E-state index in [0.717, 1.165) is 29.9 Å². The molecular formula is C24H39N5O9. The van der Waals surface area contributed by atoms with Gasteiger partial charge in [0.05, 0.1) is 0 Å². The zero-order chi connectivity index (χ0) is 28.2. The molecule has 0 aromatic heterocycles.